The third kappa shape index (κ3) is 5.58. The molecular weight excluding hydrogens is 465 g/mol. The van der Waals surface area contributed by atoms with Crippen molar-refractivity contribution in [3.8, 4) is 11.1 Å². The molecule has 0 spiro atoms. The standard InChI is InChI=1S/C25H25F3N2O5/c26-25(27,28)22(23(32)33)30-21(31)12-14-9-10-15(11-14)29-24(34)35-13-20-18-7-3-1-5-16(18)17-6-2-4-8-19(17)20/h1-8,14-15,20,22H,9-13H2,(H,29,34)(H,30,31)(H,32,33). The Hall–Kier alpha value is -3.56. The van der Waals surface area contributed by atoms with Gasteiger partial charge in [-0.05, 0) is 47.4 Å². The summed E-state index contributed by atoms with van der Waals surface area (Å²) in [5, 5.41) is 13.0. The van der Waals surface area contributed by atoms with Crippen molar-refractivity contribution in [2.24, 2.45) is 5.92 Å². The summed E-state index contributed by atoms with van der Waals surface area (Å²) in [4.78, 5) is 35.2. The summed E-state index contributed by atoms with van der Waals surface area (Å²) in [5.74, 6) is -3.49. The highest BCUT2D eigenvalue weighted by Crippen LogP contribution is 2.44. The molecule has 4 rings (SSSR count). The van der Waals surface area contributed by atoms with Gasteiger partial charge in [-0.1, -0.05) is 48.5 Å². The average molecular weight is 490 g/mol. The predicted octanol–water partition coefficient (Wildman–Crippen LogP) is 4.22. The van der Waals surface area contributed by atoms with Crippen molar-refractivity contribution >= 4 is 18.0 Å². The number of aliphatic carboxylic acids is 1. The third-order valence-corrected chi connectivity index (χ3v) is 6.56. The predicted molar refractivity (Wildman–Crippen MR) is 120 cm³/mol. The monoisotopic (exact) mass is 490 g/mol. The van der Waals surface area contributed by atoms with Gasteiger partial charge in [0.25, 0.3) is 0 Å². The van der Waals surface area contributed by atoms with Crippen molar-refractivity contribution in [1.82, 2.24) is 10.6 Å². The van der Waals surface area contributed by atoms with E-state index in [1.54, 1.807) is 0 Å². The second-order valence-electron chi connectivity index (χ2n) is 8.93. The van der Waals surface area contributed by atoms with Crippen LogP contribution in [0.4, 0.5) is 18.0 Å². The molecule has 3 N–H and O–H groups in total. The van der Waals surface area contributed by atoms with Crippen LogP contribution in [0.15, 0.2) is 48.5 Å². The maximum Gasteiger partial charge on any atom is 0.419 e. The number of halogens is 3. The minimum Gasteiger partial charge on any atom is -0.479 e. The second-order valence-corrected chi connectivity index (χ2v) is 8.93. The number of carboxylic acid groups (broad SMARTS) is 1. The Morgan fingerprint density at radius 3 is 2.17 bits per heavy atom. The third-order valence-electron chi connectivity index (χ3n) is 6.56. The highest BCUT2D eigenvalue weighted by Gasteiger charge is 2.46. The lowest BCUT2D eigenvalue weighted by Gasteiger charge is -2.19. The van der Waals surface area contributed by atoms with Gasteiger partial charge in [-0.25, -0.2) is 9.59 Å². The number of alkyl halides is 3. The van der Waals surface area contributed by atoms with Crippen LogP contribution in [0.25, 0.3) is 11.1 Å². The first-order valence-electron chi connectivity index (χ1n) is 11.3. The van der Waals surface area contributed by atoms with Gasteiger partial charge in [0.1, 0.15) is 6.61 Å². The summed E-state index contributed by atoms with van der Waals surface area (Å²) in [6.07, 6.45) is -4.46. The molecule has 35 heavy (non-hydrogen) atoms. The lowest BCUT2D eigenvalue weighted by molar-refractivity contribution is -0.182. The number of fused-ring (bicyclic) bond motifs is 3. The van der Waals surface area contributed by atoms with Crippen molar-refractivity contribution in [2.45, 2.75) is 49.9 Å². The fourth-order valence-corrected chi connectivity index (χ4v) is 4.96. The van der Waals surface area contributed by atoms with Crippen LogP contribution in [0.3, 0.4) is 0 Å². The molecule has 2 aliphatic carbocycles. The number of hydrogen-bond donors (Lipinski definition) is 3. The van der Waals surface area contributed by atoms with Crippen LogP contribution in [-0.4, -0.2) is 47.9 Å². The Morgan fingerprint density at radius 1 is 1.00 bits per heavy atom. The summed E-state index contributed by atoms with van der Waals surface area (Å²) in [6, 6.07) is 12.7. The molecule has 2 aromatic carbocycles. The molecular formula is C25H25F3N2O5. The van der Waals surface area contributed by atoms with E-state index in [1.807, 2.05) is 48.5 Å². The first-order valence-corrected chi connectivity index (χ1v) is 11.3. The fourth-order valence-electron chi connectivity index (χ4n) is 4.96. The van der Waals surface area contributed by atoms with Crippen LogP contribution in [0.2, 0.25) is 0 Å². The molecule has 3 unspecified atom stereocenters. The zero-order chi connectivity index (χ0) is 25.2. The number of benzene rings is 2. The van der Waals surface area contributed by atoms with E-state index in [0.29, 0.717) is 19.3 Å². The van der Waals surface area contributed by atoms with Crippen LogP contribution in [-0.2, 0) is 14.3 Å². The largest absolute Gasteiger partial charge is 0.479 e. The van der Waals surface area contributed by atoms with Gasteiger partial charge >= 0.3 is 18.2 Å². The van der Waals surface area contributed by atoms with Gasteiger partial charge in [-0.15, -0.1) is 0 Å². The van der Waals surface area contributed by atoms with Crippen molar-refractivity contribution in [3.63, 3.8) is 0 Å². The molecule has 0 bridgehead atoms. The first kappa shape index (κ1) is 24.6. The minimum absolute atomic E-state index is 0.0796. The fraction of sp³-hybridized carbons (Fsp3) is 0.400. The quantitative estimate of drug-likeness (QED) is 0.539. The molecule has 7 nitrogen and oxygen atoms in total. The molecule has 2 amide bonds. The zero-order valence-corrected chi connectivity index (χ0v) is 18.7. The Morgan fingerprint density at radius 2 is 1.60 bits per heavy atom. The Labute approximate surface area is 199 Å². The van der Waals surface area contributed by atoms with E-state index in [9.17, 15) is 27.6 Å². The number of nitrogens with one attached hydrogen (secondary N) is 2. The van der Waals surface area contributed by atoms with E-state index < -0.39 is 30.2 Å². The number of amides is 2. The molecule has 1 fully saturated rings. The van der Waals surface area contributed by atoms with Gasteiger partial charge in [0, 0.05) is 18.4 Å². The van der Waals surface area contributed by atoms with Crippen LogP contribution < -0.4 is 10.6 Å². The molecule has 1 saturated carbocycles. The Bertz CT molecular complexity index is 1070. The van der Waals surface area contributed by atoms with Gasteiger partial charge in [0.15, 0.2) is 0 Å². The van der Waals surface area contributed by atoms with E-state index in [2.05, 4.69) is 5.32 Å². The smallest absolute Gasteiger partial charge is 0.419 e. The van der Waals surface area contributed by atoms with Crippen molar-refractivity contribution in [1.29, 1.82) is 0 Å². The number of carbonyl (C=O) groups is 3. The molecule has 186 valence electrons. The van der Waals surface area contributed by atoms with E-state index in [0.717, 1.165) is 22.3 Å². The lowest BCUT2D eigenvalue weighted by atomic mass is 9.98. The number of carboxylic acids is 1. The highest BCUT2D eigenvalue weighted by molar-refractivity contribution is 5.84. The van der Waals surface area contributed by atoms with Gasteiger partial charge in [0.2, 0.25) is 11.9 Å². The topological polar surface area (TPSA) is 105 Å². The summed E-state index contributed by atoms with van der Waals surface area (Å²) in [7, 11) is 0. The van der Waals surface area contributed by atoms with E-state index >= 15 is 0 Å². The number of rotatable bonds is 7. The molecule has 0 heterocycles. The van der Waals surface area contributed by atoms with Crippen molar-refractivity contribution in [3.05, 3.63) is 59.7 Å². The SMILES string of the molecule is O=C(CC1CCC(NC(=O)OCC2c3ccccc3-c3ccccc32)C1)NC(C(=O)O)C(F)(F)F. The van der Waals surface area contributed by atoms with Crippen LogP contribution in [0.1, 0.15) is 42.7 Å². The number of carbonyl (C=O) groups excluding carboxylic acids is 2. The van der Waals surface area contributed by atoms with Gasteiger partial charge in [0.05, 0.1) is 0 Å². The average Bonchev–Trinajstić information content (AvgIpc) is 3.37. The number of hydrogen-bond acceptors (Lipinski definition) is 4. The van der Waals surface area contributed by atoms with Gasteiger partial charge < -0.3 is 20.5 Å². The Kier molecular flexibility index (Phi) is 7.00. The second kappa shape index (κ2) is 9.97. The molecule has 2 aromatic rings. The number of alkyl carbamates (subject to hydrolysis) is 1. The normalized spacial score (nSPS) is 20.0. The summed E-state index contributed by atoms with van der Waals surface area (Å²) >= 11 is 0. The zero-order valence-electron chi connectivity index (χ0n) is 18.7. The first-order chi connectivity index (χ1) is 16.6. The molecule has 2 aliphatic rings. The molecule has 0 saturated heterocycles. The van der Waals surface area contributed by atoms with Crippen molar-refractivity contribution < 1.29 is 37.4 Å². The molecule has 0 radical (unpaired) electrons. The van der Waals surface area contributed by atoms with Crippen molar-refractivity contribution in [2.75, 3.05) is 6.61 Å². The minimum atomic E-state index is -5.08. The Balaban J connectivity index is 1.26. The van der Waals surface area contributed by atoms with E-state index in [-0.39, 0.29) is 30.9 Å². The number of ether oxygens (including phenoxy) is 1. The van der Waals surface area contributed by atoms with Gasteiger partial charge in [-0.2, -0.15) is 13.2 Å². The van der Waals surface area contributed by atoms with Crippen LogP contribution in [0, 0.1) is 5.92 Å². The highest BCUT2D eigenvalue weighted by atomic mass is 19.4. The van der Waals surface area contributed by atoms with Crippen LogP contribution >= 0.6 is 0 Å². The molecule has 3 atom stereocenters. The molecule has 10 heteroatoms. The maximum atomic E-state index is 12.7. The van der Waals surface area contributed by atoms with Crippen LogP contribution in [0.5, 0.6) is 0 Å². The van der Waals surface area contributed by atoms with E-state index in [4.69, 9.17) is 9.84 Å². The summed E-state index contributed by atoms with van der Waals surface area (Å²) < 4.78 is 43.7. The molecule has 0 aliphatic heterocycles. The van der Waals surface area contributed by atoms with Gasteiger partial charge in [-0.3, -0.25) is 4.79 Å². The maximum absolute atomic E-state index is 12.7. The van der Waals surface area contributed by atoms with E-state index in [1.165, 1.54) is 5.32 Å². The summed E-state index contributed by atoms with van der Waals surface area (Å²) in [5.41, 5.74) is 4.41. The summed E-state index contributed by atoms with van der Waals surface area (Å²) in [6.45, 7) is 0.159. The molecule has 0 aromatic heterocycles. The lowest BCUT2D eigenvalue weighted by Crippen LogP contribution is -2.50.